The number of rotatable bonds is 2. The first-order chi connectivity index (χ1) is 8.99. The summed E-state index contributed by atoms with van der Waals surface area (Å²) in [5.41, 5.74) is 7.22. The Kier molecular flexibility index (Phi) is 3.85. The van der Waals surface area contributed by atoms with E-state index in [-0.39, 0.29) is 5.69 Å². The van der Waals surface area contributed by atoms with Crippen molar-refractivity contribution < 1.29 is 9.18 Å². The van der Waals surface area contributed by atoms with Crippen LogP contribution in [0.2, 0.25) is 0 Å². The number of nitrogen functional groups attached to an aromatic ring is 1. The monoisotopic (exact) mass is 322 g/mol. The van der Waals surface area contributed by atoms with Gasteiger partial charge in [-0.2, -0.15) is 0 Å². The molecule has 0 bridgehead atoms. The van der Waals surface area contributed by atoms with E-state index < -0.39 is 11.7 Å². The lowest BCUT2D eigenvalue weighted by atomic mass is 10.1. The molecule has 0 spiro atoms. The van der Waals surface area contributed by atoms with Crippen LogP contribution in [0.3, 0.4) is 0 Å². The molecule has 2 aromatic carbocycles. The van der Waals surface area contributed by atoms with Crippen LogP contribution in [0.15, 0.2) is 40.9 Å². The van der Waals surface area contributed by atoms with E-state index in [1.807, 2.05) is 0 Å². The Labute approximate surface area is 118 Å². The Morgan fingerprint density at radius 2 is 2.05 bits per heavy atom. The lowest BCUT2D eigenvalue weighted by Gasteiger charge is -2.11. The zero-order valence-electron chi connectivity index (χ0n) is 10.2. The number of para-hydroxylation sites is 1. The zero-order chi connectivity index (χ0) is 14.0. The van der Waals surface area contributed by atoms with Gasteiger partial charge in [-0.25, -0.2) is 4.39 Å². The molecular weight excluding hydrogens is 311 g/mol. The Bertz CT molecular complexity index is 623. The van der Waals surface area contributed by atoms with E-state index in [4.69, 9.17) is 5.73 Å². The highest BCUT2D eigenvalue weighted by Crippen LogP contribution is 2.23. The molecule has 0 fully saturated rings. The van der Waals surface area contributed by atoms with Crippen LogP contribution in [0.1, 0.15) is 15.9 Å². The minimum Gasteiger partial charge on any atom is -0.398 e. The second kappa shape index (κ2) is 5.40. The predicted molar refractivity (Wildman–Crippen MR) is 77.6 cm³/mol. The molecule has 0 atom stereocenters. The molecule has 0 radical (unpaired) electrons. The fourth-order valence-corrected chi connectivity index (χ4v) is 2.06. The summed E-state index contributed by atoms with van der Waals surface area (Å²) in [4.78, 5) is 12.1. The molecule has 98 valence electrons. The van der Waals surface area contributed by atoms with Gasteiger partial charge in [0.15, 0.2) is 0 Å². The highest BCUT2D eigenvalue weighted by atomic mass is 79.9. The maximum atomic E-state index is 13.7. The first-order valence-electron chi connectivity index (χ1n) is 5.60. The predicted octanol–water partition coefficient (Wildman–Crippen LogP) is 3.73. The van der Waals surface area contributed by atoms with Crippen molar-refractivity contribution in [2.75, 3.05) is 11.1 Å². The Hall–Kier alpha value is -1.88. The summed E-state index contributed by atoms with van der Waals surface area (Å²) in [6, 6.07) is 9.57. The molecule has 0 aliphatic heterocycles. The van der Waals surface area contributed by atoms with Crippen LogP contribution in [-0.2, 0) is 0 Å². The van der Waals surface area contributed by atoms with Gasteiger partial charge in [-0.1, -0.05) is 28.1 Å². The molecule has 3 N–H and O–H groups in total. The summed E-state index contributed by atoms with van der Waals surface area (Å²) in [6.07, 6.45) is 0. The van der Waals surface area contributed by atoms with Crippen molar-refractivity contribution in [1.29, 1.82) is 0 Å². The summed E-state index contributed by atoms with van der Waals surface area (Å²) in [5.74, 6) is -0.908. The molecule has 2 rings (SSSR count). The van der Waals surface area contributed by atoms with Crippen molar-refractivity contribution in [3.63, 3.8) is 0 Å². The van der Waals surface area contributed by atoms with Crippen LogP contribution >= 0.6 is 15.9 Å². The van der Waals surface area contributed by atoms with Gasteiger partial charge >= 0.3 is 0 Å². The number of carbonyl (C=O) groups excluding carboxylic acids is 1. The average molecular weight is 323 g/mol. The average Bonchev–Trinajstić information content (AvgIpc) is 2.37. The second-order valence-corrected chi connectivity index (χ2v) is 5.03. The number of nitrogens with one attached hydrogen (secondary N) is 1. The van der Waals surface area contributed by atoms with Crippen molar-refractivity contribution in [2.45, 2.75) is 6.92 Å². The van der Waals surface area contributed by atoms with Crippen LogP contribution in [0.4, 0.5) is 15.8 Å². The second-order valence-electron chi connectivity index (χ2n) is 4.12. The maximum Gasteiger partial charge on any atom is 0.257 e. The van der Waals surface area contributed by atoms with E-state index in [1.165, 1.54) is 6.07 Å². The van der Waals surface area contributed by atoms with E-state index in [2.05, 4.69) is 21.2 Å². The number of hydrogen-bond acceptors (Lipinski definition) is 2. The normalized spacial score (nSPS) is 10.3. The van der Waals surface area contributed by atoms with Crippen molar-refractivity contribution in [2.24, 2.45) is 0 Å². The third kappa shape index (κ3) is 2.93. The van der Waals surface area contributed by atoms with Gasteiger partial charge in [0.1, 0.15) is 5.82 Å². The number of anilines is 2. The minimum absolute atomic E-state index is 0.173. The van der Waals surface area contributed by atoms with Gasteiger partial charge in [0.05, 0.1) is 11.3 Å². The molecule has 0 aliphatic rings. The lowest BCUT2D eigenvalue weighted by molar-refractivity contribution is 0.102. The molecule has 0 aliphatic carbocycles. The van der Waals surface area contributed by atoms with Crippen LogP contribution in [-0.4, -0.2) is 5.91 Å². The van der Waals surface area contributed by atoms with Gasteiger partial charge in [0.25, 0.3) is 5.91 Å². The van der Waals surface area contributed by atoms with Crippen LogP contribution in [0.5, 0.6) is 0 Å². The van der Waals surface area contributed by atoms with Gasteiger partial charge in [0.2, 0.25) is 0 Å². The lowest BCUT2D eigenvalue weighted by Crippen LogP contribution is -2.15. The molecule has 2 aromatic rings. The van der Waals surface area contributed by atoms with Crippen LogP contribution in [0.25, 0.3) is 0 Å². The van der Waals surface area contributed by atoms with Crippen molar-refractivity contribution >= 4 is 33.2 Å². The number of halogens is 2. The fraction of sp³-hybridized carbons (Fsp3) is 0.0714. The summed E-state index contributed by atoms with van der Waals surface area (Å²) in [5, 5.41) is 2.55. The summed E-state index contributed by atoms with van der Waals surface area (Å²) in [6.45, 7) is 1.73. The number of hydrogen-bond donors (Lipinski definition) is 2. The third-order valence-electron chi connectivity index (χ3n) is 2.72. The molecule has 5 heteroatoms. The molecular formula is C14H12BrFN2O. The highest BCUT2D eigenvalue weighted by molar-refractivity contribution is 9.10. The molecule has 1 amide bonds. The first kappa shape index (κ1) is 13.5. The summed E-state index contributed by atoms with van der Waals surface area (Å²) < 4.78 is 14.4. The standard InChI is InChI=1S/C14H12BrFN2O/c1-8-3-2-4-11(16)13(8)18-14(19)10-7-9(15)5-6-12(10)17/h2-7H,17H2,1H3,(H,18,19). The topological polar surface area (TPSA) is 55.1 Å². The minimum atomic E-state index is -0.470. The quantitative estimate of drug-likeness (QED) is 0.828. The molecule has 3 nitrogen and oxygen atoms in total. The van der Waals surface area contributed by atoms with E-state index in [9.17, 15) is 9.18 Å². The Balaban J connectivity index is 2.34. The van der Waals surface area contributed by atoms with E-state index in [0.29, 0.717) is 16.8 Å². The largest absolute Gasteiger partial charge is 0.398 e. The van der Waals surface area contributed by atoms with Gasteiger partial charge < -0.3 is 11.1 Å². The van der Waals surface area contributed by atoms with Gasteiger partial charge in [-0.15, -0.1) is 0 Å². The van der Waals surface area contributed by atoms with E-state index >= 15 is 0 Å². The number of benzene rings is 2. The fourth-order valence-electron chi connectivity index (χ4n) is 1.70. The van der Waals surface area contributed by atoms with E-state index in [1.54, 1.807) is 37.3 Å². The van der Waals surface area contributed by atoms with Crippen LogP contribution < -0.4 is 11.1 Å². The Morgan fingerprint density at radius 3 is 2.74 bits per heavy atom. The van der Waals surface area contributed by atoms with Crippen molar-refractivity contribution in [3.05, 3.63) is 57.8 Å². The summed E-state index contributed by atoms with van der Waals surface area (Å²) in [7, 11) is 0. The molecule has 0 saturated carbocycles. The van der Waals surface area contributed by atoms with Gasteiger partial charge in [-0.3, -0.25) is 4.79 Å². The smallest absolute Gasteiger partial charge is 0.257 e. The Morgan fingerprint density at radius 1 is 1.32 bits per heavy atom. The van der Waals surface area contributed by atoms with Crippen molar-refractivity contribution in [3.8, 4) is 0 Å². The number of nitrogens with two attached hydrogens (primary N) is 1. The van der Waals surface area contributed by atoms with Crippen LogP contribution in [0, 0.1) is 12.7 Å². The number of aryl methyl sites for hydroxylation is 1. The molecule has 19 heavy (non-hydrogen) atoms. The van der Waals surface area contributed by atoms with Gasteiger partial charge in [-0.05, 0) is 36.8 Å². The molecule has 0 heterocycles. The van der Waals surface area contributed by atoms with E-state index in [0.717, 1.165) is 4.47 Å². The summed E-state index contributed by atoms with van der Waals surface area (Å²) >= 11 is 3.27. The number of amides is 1. The highest BCUT2D eigenvalue weighted by Gasteiger charge is 2.14. The SMILES string of the molecule is Cc1cccc(F)c1NC(=O)c1cc(Br)ccc1N. The van der Waals surface area contributed by atoms with Gasteiger partial charge in [0, 0.05) is 10.2 Å². The van der Waals surface area contributed by atoms with Crippen molar-refractivity contribution in [1.82, 2.24) is 0 Å². The first-order valence-corrected chi connectivity index (χ1v) is 6.40. The molecule has 0 saturated heterocycles. The molecule has 0 unspecified atom stereocenters. The maximum absolute atomic E-state index is 13.7. The number of carbonyl (C=O) groups is 1. The zero-order valence-corrected chi connectivity index (χ0v) is 11.8. The third-order valence-corrected chi connectivity index (χ3v) is 3.21. The molecule has 0 aromatic heterocycles.